The minimum Gasteiger partial charge on any atom is -0.369 e. The van der Waals surface area contributed by atoms with Crippen LogP contribution in [0.4, 0.5) is 5.69 Å². The Morgan fingerprint density at radius 2 is 1.57 bits per heavy atom. The average Bonchev–Trinajstić information content (AvgIpc) is 3.01. The lowest BCUT2D eigenvalue weighted by Gasteiger charge is -2.38. The summed E-state index contributed by atoms with van der Waals surface area (Å²) < 4.78 is 0. The zero-order valence-electron chi connectivity index (χ0n) is 15.8. The molecule has 4 rings (SSSR count). The number of hydrogen-bond donors (Lipinski definition) is 0. The Bertz CT molecular complexity index is 833. The van der Waals surface area contributed by atoms with Crippen molar-refractivity contribution in [2.45, 2.75) is 18.9 Å². The number of rotatable bonds is 5. The minimum atomic E-state index is -0.310. The second kappa shape index (κ2) is 8.33. The van der Waals surface area contributed by atoms with Crippen LogP contribution in [0.1, 0.15) is 12.0 Å². The molecule has 0 radical (unpaired) electrons. The highest BCUT2D eigenvalue weighted by Crippen LogP contribution is 2.24. The predicted molar refractivity (Wildman–Crippen MR) is 111 cm³/mol. The van der Waals surface area contributed by atoms with Crippen LogP contribution in [-0.2, 0) is 16.0 Å². The van der Waals surface area contributed by atoms with Gasteiger partial charge < -0.3 is 4.90 Å². The van der Waals surface area contributed by atoms with E-state index >= 15 is 0 Å². The van der Waals surface area contributed by atoms with Gasteiger partial charge in [-0.1, -0.05) is 41.9 Å². The van der Waals surface area contributed by atoms with E-state index in [1.165, 1.54) is 4.90 Å². The maximum absolute atomic E-state index is 12.9. The monoisotopic (exact) mass is 397 g/mol. The Morgan fingerprint density at radius 3 is 2.25 bits per heavy atom. The van der Waals surface area contributed by atoms with Crippen LogP contribution in [0.2, 0.25) is 5.02 Å². The topological polar surface area (TPSA) is 43.9 Å². The second-order valence-electron chi connectivity index (χ2n) is 7.34. The molecule has 0 spiro atoms. The van der Waals surface area contributed by atoms with E-state index in [9.17, 15) is 9.59 Å². The molecule has 2 saturated heterocycles. The summed E-state index contributed by atoms with van der Waals surface area (Å²) in [5, 5.41) is 0.730. The molecule has 2 aliphatic rings. The number of anilines is 1. The van der Waals surface area contributed by atoms with Crippen molar-refractivity contribution in [3.8, 4) is 0 Å². The zero-order chi connectivity index (χ0) is 19.5. The smallest absolute Gasteiger partial charge is 0.247 e. The van der Waals surface area contributed by atoms with Crippen molar-refractivity contribution >= 4 is 29.1 Å². The molecule has 2 aromatic carbocycles. The van der Waals surface area contributed by atoms with E-state index in [0.29, 0.717) is 19.4 Å². The molecule has 0 N–H and O–H groups in total. The van der Waals surface area contributed by atoms with E-state index in [1.54, 1.807) is 0 Å². The summed E-state index contributed by atoms with van der Waals surface area (Å²) in [4.78, 5) is 31.2. The van der Waals surface area contributed by atoms with Crippen LogP contribution in [-0.4, -0.2) is 60.4 Å². The third-order valence-electron chi connectivity index (χ3n) is 5.63. The molecule has 2 heterocycles. The van der Waals surface area contributed by atoms with E-state index in [4.69, 9.17) is 11.6 Å². The Hall–Kier alpha value is -2.37. The first kappa shape index (κ1) is 19.0. The molecule has 5 nitrogen and oxygen atoms in total. The number of imide groups is 1. The number of carbonyl (C=O) groups is 2. The van der Waals surface area contributed by atoms with Crippen LogP contribution in [0, 0.1) is 0 Å². The van der Waals surface area contributed by atoms with Crippen molar-refractivity contribution in [2.24, 2.45) is 0 Å². The van der Waals surface area contributed by atoms with E-state index in [-0.39, 0.29) is 17.9 Å². The summed E-state index contributed by atoms with van der Waals surface area (Å²) in [6.07, 6.45) is 1.00. The van der Waals surface area contributed by atoms with Gasteiger partial charge in [0.2, 0.25) is 11.8 Å². The number of amides is 2. The number of hydrogen-bond acceptors (Lipinski definition) is 4. The first-order valence-corrected chi connectivity index (χ1v) is 10.1. The summed E-state index contributed by atoms with van der Waals surface area (Å²) in [7, 11) is 0. The lowest BCUT2D eigenvalue weighted by atomic mass is 10.1. The van der Waals surface area contributed by atoms with Gasteiger partial charge in [-0.05, 0) is 36.2 Å². The van der Waals surface area contributed by atoms with Gasteiger partial charge in [-0.25, -0.2) is 0 Å². The third kappa shape index (κ3) is 4.05. The summed E-state index contributed by atoms with van der Waals surface area (Å²) >= 11 is 5.97. The molecule has 6 heteroatoms. The molecule has 2 aliphatic heterocycles. The highest BCUT2D eigenvalue weighted by Gasteiger charge is 2.42. The predicted octanol–water partition coefficient (Wildman–Crippen LogP) is 2.83. The molecular weight excluding hydrogens is 374 g/mol. The molecule has 1 unspecified atom stereocenters. The second-order valence-corrected chi connectivity index (χ2v) is 7.78. The van der Waals surface area contributed by atoms with Crippen molar-refractivity contribution in [1.29, 1.82) is 0 Å². The Balaban J connectivity index is 1.33. The lowest BCUT2D eigenvalue weighted by molar-refractivity contribution is -0.139. The maximum atomic E-state index is 12.9. The number of carbonyl (C=O) groups excluding carboxylic acids is 2. The van der Waals surface area contributed by atoms with Crippen LogP contribution < -0.4 is 4.90 Å². The van der Waals surface area contributed by atoms with Gasteiger partial charge in [0.25, 0.3) is 0 Å². The SMILES string of the molecule is O=C1CC(N2CCN(c3ccc(Cl)cc3)CC2)C(=O)N1CCc1ccccc1. The van der Waals surface area contributed by atoms with Gasteiger partial charge in [0.05, 0.1) is 12.5 Å². The molecule has 2 amide bonds. The molecule has 146 valence electrons. The molecule has 2 fully saturated rings. The van der Waals surface area contributed by atoms with E-state index in [2.05, 4.69) is 9.80 Å². The van der Waals surface area contributed by atoms with Crippen LogP contribution in [0.25, 0.3) is 0 Å². The number of piperazine rings is 1. The lowest BCUT2D eigenvalue weighted by Crippen LogP contribution is -2.52. The zero-order valence-corrected chi connectivity index (χ0v) is 16.5. The van der Waals surface area contributed by atoms with E-state index < -0.39 is 0 Å². The van der Waals surface area contributed by atoms with Crippen LogP contribution >= 0.6 is 11.6 Å². The third-order valence-corrected chi connectivity index (χ3v) is 5.89. The van der Waals surface area contributed by atoms with Crippen LogP contribution in [0.3, 0.4) is 0 Å². The fraction of sp³-hybridized carbons (Fsp3) is 0.364. The summed E-state index contributed by atoms with van der Waals surface area (Å²) in [6, 6.07) is 17.5. The van der Waals surface area contributed by atoms with E-state index in [0.717, 1.165) is 42.5 Å². The minimum absolute atomic E-state index is 0.0409. The van der Waals surface area contributed by atoms with Crippen LogP contribution in [0.5, 0.6) is 0 Å². The first-order valence-electron chi connectivity index (χ1n) is 9.74. The fourth-order valence-electron chi connectivity index (χ4n) is 4.02. The van der Waals surface area contributed by atoms with Crippen molar-refractivity contribution in [3.05, 3.63) is 65.2 Å². The van der Waals surface area contributed by atoms with E-state index in [1.807, 2.05) is 54.6 Å². The molecule has 0 aromatic heterocycles. The van der Waals surface area contributed by atoms with Crippen LogP contribution in [0.15, 0.2) is 54.6 Å². The Labute approximate surface area is 170 Å². The molecule has 28 heavy (non-hydrogen) atoms. The van der Waals surface area contributed by atoms with Crippen molar-refractivity contribution in [2.75, 3.05) is 37.6 Å². The number of likely N-dealkylation sites (tertiary alicyclic amines) is 1. The summed E-state index contributed by atoms with van der Waals surface area (Å²) in [5.41, 5.74) is 2.28. The Morgan fingerprint density at radius 1 is 0.893 bits per heavy atom. The molecule has 0 aliphatic carbocycles. The largest absolute Gasteiger partial charge is 0.369 e. The highest BCUT2D eigenvalue weighted by molar-refractivity contribution is 6.30. The van der Waals surface area contributed by atoms with Gasteiger partial charge in [-0.15, -0.1) is 0 Å². The summed E-state index contributed by atoms with van der Waals surface area (Å²) in [5.74, 6) is -0.0908. The van der Waals surface area contributed by atoms with Gasteiger partial charge in [-0.2, -0.15) is 0 Å². The number of benzene rings is 2. The molecular formula is C22H24ClN3O2. The quantitative estimate of drug-likeness (QED) is 0.728. The normalized spacial score (nSPS) is 20.8. The number of nitrogens with zero attached hydrogens (tertiary/aromatic N) is 3. The molecule has 0 bridgehead atoms. The standard InChI is InChI=1S/C22H24ClN3O2/c23-18-6-8-19(9-7-18)24-12-14-25(15-13-24)20-16-21(27)26(22(20)28)11-10-17-4-2-1-3-5-17/h1-9,20H,10-16H2. The fourth-order valence-corrected chi connectivity index (χ4v) is 4.14. The Kier molecular flexibility index (Phi) is 5.64. The van der Waals surface area contributed by atoms with Crippen molar-refractivity contribution < 1.29 is 9.59 Å². The average molecular weight is 398 g/mol. The number of halogens is 1. The van der Waals surface area contributed by atoms with Gasteiger partial charge in [0, 0.05) is 43.4 Å². The van der Waals surface area contributed by atoms with Gasteiger partial charge in [0.15, 0.2) is 0 Å². The molecule has 1 atom stereocenters. The van der Waals surface area contributed by atoms with Crippen molar-refractivity contribution in [1.82, 2.24) is 9.80 Å². The first-order chi connectivity index (χ1) is 13.6. The molecule has 2 aromatic rings. The van der Waals surface area contributed by atoms with Gasteiger partial charge >= 0.3 is 0 Å². The van der Waals surface area contributed by atoms with Gasteiger partial charge in [-0.3, -0.25) is 19.4 Å². The molecule has 0 saturated carbocycles. The van der Waals surface area contributed by atoms with Crippen molar-refractivity contribution in [3.63, 3.8) is 0 Å². The maximum Gasteiger partial charge on any atom is 0.247 e. The summed E-state index contributed by atoms with van der Waals surface area (Å²) in [6.45, 7) is 3.69. The van der Waals surface area contributed by atoms with Gasteiger partial charge in [0.1, 0.15) is 0 Å². The highest BCUT2D eigenvalue weighted by atomic mass is 35.5.